The molecule has 2 aliphatic heterocycles. The Morgan fingerprint density at radius 3 is 1.91 bits per heavy atom. The van der Waals surface area contributed by atoms with Crippen molar-refractivity contribution in [2.24, 2.45) is 0 Å². The molecule has 2 atom stereocenters. The number of aromatic nitrogens is 8. The first-order valence-corrected chi connectivity index (χ1v) is 22.5. The molecule has 8 aromatic rings. The zero-order valence-electron chi connectivity index (χ0n) is 35.7. The van der Waals surface area contributed by atoms with E-state index < -0.39 is 11.2 Å². The van der Waals surface area contributed by atoms with E-state index in [4.69, 9.17) is 29.4 Å². The monoisotopic (exact) mass is 874 g/mol. The largest absolute Gasteiger partial charge is 0.616 e. The highest BCUT2D eigenvalue weighted by Crippen LogP contribution is 2.32. The van der Waals surface area contributed by atoms with Gasteiger partial charge in [-0.15, -0.1) is 0 Å². The van der Waals surface area contributed by atoms with Gasteiger partial charge in [-0.25, -0.2) is 34.3 Å². The van der Waals surface area contributed by atoms with E-state index in [-0.39, 0.29) is 11.9 Å². The molecule has 0 amide bonds. The minimum absolute atomic E-state index is 0.267. The Kier molecular flexibility index (Phi) is 12.8. The molecule has 2 unspecified atom stereocenters. The molecule has 10 rings (SSSR count). The lowest BCUT2D eigenvalue weighted by atomic mass is 9.99. The topological polar surface area (TPSA) is 153 Å². The van der Waals surface area contributed by atoms with Crippen LogP contribution in [0.4, 0.5) is 27.7 Å². The lowest BCUT2D eigenvalue weighted by Crippen LogP contribution is -2.23. The molecular formula is C49H47FN10O3S. The van der Waals surface area contributed by atoms with Crippen molar-refractivity contribution < 1.29 is 18.4 Å². The second-order valence-electron chi connectivity index (χ2n) is 15.5. The molecule has 2 aliphatic rings. The molecule has 0 spiro atoms. The Hall–Kier alpha value is -6.78. The third-order valence-corrected chi connectivity index (χ3v) is 12.5. The molecule has 4 aromatic heterocycles. The summed E-state index contributed by atoms with van der Waals surface area (Å²) in [5.74, 6) is 3.75. The summed E-state index contributed by atoms with van der Waals surface area (Å²) in [6, 6.07) is 32.6. The van der Waals surface area contributed by atoms with Gasteiger partial charge < -0.3 is 33.8 Å². The van der Waals surface area contributed by atoms with Gasteiger partial charge in [0.25, 0.3) is 0 Å². The molecular weight excluding hydrogens is 828 g/mol. The fraction of sp³-hybridized carbons (Fsp3) is 0.224. The van der Waals surface area contributed by atoms with Gasteiger partial charge in [-0.05, 0) is 96.8 Å². The summed E-state index contributed by atoms with van der Waals surface area (Å²) in [5.41, 5.74) is 11.5. The van der Waals surface area contributed by atoms with Gasteiger partial charge in [0, 0.05) is 85.0 Å². The van der Waals surface area contributed by atoms with Crippen LogP contribution in [0.25, 0.3) is 11.4 Å². The van der Waals surface area contributed by atoms with Crippen LogP contribution in [0, 0.1) is 19.7 Å². The molecule has 6 heterocycles. The van der Waals surface area contributed by atoms with Gasteiger partial charge in [0.05, 0.1) is 36.0 Å². The van der Waals surface area contributed by atoms with Crippen LogP contribution in [0.3, 0.4) is 0 Å². The fourth-order valence-corrected chi connectivity index (χ4v) is 9.15. The highest BCUT2D eigenvalue weighted by atomic mass is 32.2. The molecule has 0 saturated heterocycles. The summed E-state index contributed by atoms with van der Waals surface area (Å²) in [5, 5.41) is 6.67. The predicted molar refractivity (Wildman–Crippen MR) is 246 cm³/mol. The number of hydrogen-bond donors (Lipinski definition) is 2. The van der Waals surface area contributed by atoms with E-state index in [9.17, 15) is 8.94 Å². The van der Waals surface area contributed by atoms with Crippen LogP contribution in [-0.4, -0.2) is 63.1 Å². The van der Waals surface area contributed by atoms with Crippen LogP contribution in [0.15, 0.2) is 128 Å². The molecule has 0 fully saturated rings. The Balaban J connectivity index is 0.000000162. The first-order valence-electron chi connectivity index (χ1n) is 21.1. The molecule has 0 saturated carbocycles. The van der Waals surface area contributed by atoms with Gasteiger partial charge in [0.15, 0.2) is 0 Å². The normalized spacial score (nSPS) is 14.7. The second kappa shape index (κ2) is 19.3. The van der Waals surface area contributed by atoms with Crippen molar-refractivity contribution in [1.29, 1.82) is 0 Å². The highest BCUT2D eigenvalue weighted by Gasteiger charge is 2.27. The van der Waals surface area contributed by atoms with E-state index in [2.05, 4.69) is 32.7 Å². The molecule has 64 heavy (non-hydrogen) atoms. The molecule has 15 heteroatoms. The van der Waals surface area contributed by atoms with E-state index in [0.29, 0.717) is 49.5 Å². The number of rotatable bonds is 11. The first kappa shape index (κ1) is 42.5. The number of benzene rings is 4. The van der Waals surface area contributed by atoms with Gasteiger partial charge >= 0.3 is 0 Å². The summed E-state index contributed by atoms with van der Waals surface area (Å²) in [6.45, 7) is 5.10. The maximum absolute atomic E-state index is 13.3. The van der Waals surface area contributed by atoms with Gasteiger partial charge in [-0.2, -0.15) is 0 Å². The van der Waals surface area contributed by atoms with E-state index in [1.165, 1.54) is 12.1 Å². The van der Waals surface area contributed by atoms with Crippen molar-refractivity contribution in [2.45, 2.75) is 51.6 Å². The van der Waals surface area contributed by atoms with Gasteiger partial charge in [0.1, 0.15) is 35.1 Å². The average Bonchev–Trinajstić information content (AvgIpc) is 3.96. The number of anilines is 4. The minimum atomic E-state index is -0.905. The number of nitrogens with one attached hydrogen (secondary N) is 2. The van der Waals surface area contributed by atoms with Crippen LogP contribution >= 0.6 is 0 Å². The summed E-state index contributed by atoms with van der Waals surface area (Å²) >= 11 is -0.905. The lowest BCUT2D eigenvalue weighted by molar-refractivity contribution is 0.0980. The van der Waals surface area contributed by atoms with Crippen LogP contribution in [0.5, 0.6) is 0 Å². The lowest BCUT2D eigenvalue weighted by Gasteiger charge is -2.24. The fourth-order valence-electron chi connectivity index (χ4n) is 7.93. The molecule has 4 aromatic carbocycles. The number of imidazole rings is 2. The van der Waals surface area contributed by atoms with E-state index in [1.54, 1.807) is 31.6 Å². The minimum Gasteiger partial charge on any atom is -0.616 e. The van der Waals surface area contributed by atoms with Crippen LogP contribution < -0.4 is 10.6 Å². The number of hydrogen-bond acceptors (Lipinski definition) is 11. The van der Waals surface area contributed by atoms with Gasteiger partial charge in [0.2, 0.25) is 11.9 Å². The Morgan fingerprint density at radius 1 is 0.734 bits per heavy atom. The van der Waals surface area contributed by atoms with Gasteiger partial charge in [-0.1, -0.05) is 42.5 Å². The summed E-state index contributed by atoms with van der Waals surface area (Å²) in [4.78, 5) is 27.7. The number of methoxy groups -OCH3 is 1. The van der Waals surface area contributed by atoms with Crippen molar-refractivity contribution in [3.8, 4) is 11.4 Å². The summed E-state index contributed by atoms with van der Waals surface area (Å²) < 4.78 is 41.2. The van der Waals surface area contributed by atoms with E-state index in [1.807, 2.05) is 102 Å². The number of nitrogens with zero attached hydrogens (tertiary/aromatic N) is 8. The standard InChI is InChI=1S/C25H25N5O2.C24H22FN5OS/c1-17-26-13-14-30(17)20-10-8-19(9-11-20)27-25-28-22-12-15-32-16-21(22)23(29-25)24(31-2)18-6-4-3-5-7-18;1-16-26-11-12-30(16)20-8-6-19(7-9-20)27-24-28-22-10-13-32(31)15-21(22)23(29-24)14-17-2-4-18(25)5-3-17/h3-11,13-14,24H,12,15-16H2,1-2H3,(H,27,28,29);2-9,11-12H,10,13-15H2,1H3,(H,27,28,29). The van der Waals surface area contributed by atoms with Gasteiger partial charge in [-0.3, -0.25) is 0 Å². The zero-order valence-corrected chi connectivity index (χ0v) is 36.6. The SMILES string of the molecule is COC(c1ccccc1)c1nc(Nc2ccc(-n3ccnc3C)cc2)nc2c1COCC2.Cc1nccn1-c1ccc(Nc2nc3c(c(Cc4ccc(F)cc4)n2)C[S+]([O-])CC3)cc1. The third-order valence-electron chi connectivity index (χ3n) is 11.2. The van der Waals surface area contributed by atoms with Crippen molar-refractivity contribution in [3.05, 3.63) is 190 Å². The first-order chi connectivity index (χ1) is 31.3. The quantitative estimate of drug-likeness (QED) is 0.120. The smallest absolute Gasteiger partial charge is 0.227 e. The van der Waals surface area contributed by atoms with Crippen molar-refractivity contribution in [3.63, 3.8) is 0 Å². The average molecular weight is 875 g/mol. The maximum atomic E-state index is 13.3. The third kappa shape index (κ3) is 9.72. The van der Waals surface area contributed by atoms with Crippen LogP contribution in [0.2, 0.25) is 0 Å². The van der Waals surface area contributed by atoms with E-state index in [0.717, 1.165) is 85.8 Å². The van der Waals surface area contributed by atoms with Crippen LogP contribution in [-0.2, 0) is 52.3 Å². The molecule has 13 nitrogen and oxygen atoms in total. The van der Waals surface area contributed by atoms with E-state index >= 15 is 0 Å². The number of ether oxygens (including phenoxy) is 2. The Morgan fingerprint density at radius 2 is 1.33 bits per heavy atom. The zero-order chi connectivity index (χ0) is 44.0. The molecule has 0 radical (unpaired) electrons. The number of aryl methyl sites for hydroxylation is 3. The van der Waals surface area contributed by atoms with Crippen molar-refractivity contribution in [2.75, 3.05) is 30.1 Å². The second-order valence-corrected chi connectivity index (χ2v) is 17.1. The predicted octanol–water partition coefficient (Wildman–Crippen LogP) is 8.77. The van der Waals surface area contributed by atoms with Crippen LogP contribution in [0.1, 0.15) is 62.8 Å². The Labute approximate surface area is 374 Å². The molecule has 0 bridgehead atoms. The summed E-state index contributed by atoms with van der Waals surface area (Å²) in [7, 11) is 1.71. The molecule has 324 valence electrons. The number of halogens is 1. The van der Waals surface area contributed by atoms with Crippen molar-refractivity contribution in [1.82, 2.24) is 39.0 Å². The van der Waals surface area contributed by atoms with Crippen molar-refractivity contribution >= 4 is 34.4 Å². The molecule has 0 aliphatic carbocycles. The molecule has 2 N–H and O–H groups in total. The highest BCUT2D eigenvalue weighted by molar-refractivity contribution is 7.90. The Bertz CT molecular complexity index is 2840. The summed E-state index contributed by atoms with van der Waals surface area (Å²) in [6.07, 6.45) is 9.11. The number of fused-ring (bicyclic) bond motifs is 2. The maximum Gasteiger partial charge on any atom is 0.227 e.